The van der Waals surface area contributed by atoms with Gasteiger partial charge in [-0.2, -0.15) is 5.10 Å². The standard InChI is InChI=1S/C17H17N3O3/c1-2-8-15(13-9-4-3-5-10-13)18-19-17(21)14-11-6-7-12-16(14)20(22)23/h3-7,9-12H,2,8H2,1H3,(H,19,21)/b18-15+. The van der Waals surface area contributed by atoms with Crippen molar-refractivity contribution in [1.82, 2.24) is 5.43 Å². The van der Waals surface area contributed by atoms with E-state index in [9.17, 15) is 14.9 Å². The van der Waals surface area contributed by atoms with Gasteiger partial charge in [0.2, 0.25) is 0 Å². The van der Waals surface area contributed by atoms with Crippen molar-refractivity contribution in [2.45, 2.75) is 19.8 Å². The highest BCUT2D eigenvalue weighted by Crippen LogP contribution is 2.17. The topological polar surface area (TPSA) is 84.6 Å². The van der Waals surface area contributed by atoms with Gasteiger partial charge in [-0.3, -0.25) is 14.9 Å². The van der Waals surface area contributed by atoms with E-state index in [1.165, 1.54) is 18.2 Å². The largest absolute Gasteiger partial charge is 0.282 e. The van der Waals surface area contributed by atoms with Gasteiger partial charge in [0.15, 0.2) is 0 Å². The zero-order valence-electron chi connectivity index (χ0n) is 12.7. The minimum atomic E-state index is -0.596. The Hall–Kier alpha value is -3.02. The van der Waals surface area contributed by atoms with Crippen LogP contribution in [-0.4, -0.2) is 16.5 Å². The maximum atomic E-state index is 12.2. The number of rotatable bonds is 6. The van der Waals surface area contributed by atoms with E-state index in [-0.39, 0.29) is 11.3 Å². The van der Waals surface area contributed by atoms with Crippen LogP contribution < -0.4 is 5.43 Å². The molecule has 0 spiro atoms. The van der Waals surface area contributed by atoms with Crippen LogP contribution in [0.3, 0.4) is 0 Å². The summed E-state index contributed by atoms with van der Waals surface area (Å²) < 4.78 is 0. The molecule has 1 amide bonds. The summed E-state index contributed by atoms with van der Waals surface area (Å²) in [4.78, 5) is 22.6. The van der Waals surface area contributed by atoms with Crippen LogP contribution in [0.15, 0.2) is 59.7 Å². The molecule has 0 saturated carbocycles. The zero-order valence-corrected chi connectivity index (χ0v) is 12.7. The first-order valence-electron chi connectivity index (χ1n) is 7.29. The molecular formula is C17H17N3O3. The maximum absolute atomic E-state index is 12.2. The number of para-hydroxylation sites is 1. The highest BCUT2D eigenvalue weighted by atomic mass is 16.6. The number of carbonyl (C=O) groups excluding carboxylic acids is 1. The van der Waals surface area contributed by atoms with Crippen LogP contribution in [0.5, 0.6) is 0 Å². The van der Waals surface area contributed by atoms with Gasteiger partial charge in [-0.05, 0) is 18.1 Å². The van der Waals surface area contributed by atoms with Crippen LogP contribution in [0.4, 0.5) is 5.69 Å². The third-order valence-corrected chi connectivity index (χ3v) is 3.23. The Balaban J connectivity index is 2.23. The molecule has 118 valence electrons. The lowest BCUT2D eigenvalue weighted by atomic mass is 10.1. The monoisotopic (exact) mass is 311 g/mol. The van der Waals surface area contributed by atoms with E-state index in [2.05, 4.69) is 10.5 Å². The normalized spacial score (nSPS) is 11.1. The van der Waals surface area contributed by atoms with Crippen molar-refractivity contribution in [3.63, 3.8) is 0 Å². The van der Waals surface area contributed by atoms with E-state index < -0.39 is 10.8 Å². The van der Waals surface area contributed by atoms with E-state index in [1.807, 2.05) is 37.3 Å². The number of amides is 1. The average Bonchev–Trinajstić information content (AvgIpc) is 2.59. The van der Waals surface area contributed by atoms with Gasteiger partial charge in [0, 0.05) is 6.07 Å². The number of nitrogens with zero attached hydrogens (tertiary/aromatic N) is 2. The fourth-order valence-corrected chi connectivity index (χ4v) is 2.14. The SMILES string of the molecule is CCC/C(=N\NC(=O)c1ccccc1[N+](=O)[O-])c1ccccc1. The first-order valence-corrected chi connectivity index (χ1v) is 7.29. The molecule has 0 radical (unpaired) electrons. The molecule has 0 heterocycles. The fourth-order valence-electron chi connectivity index (χ4n) is 2.14. The van der Waals surface area contributed by atoms with Gasteiger partial charge in [-0.15, -0.1) is 0 Å². The lowest BCUT2D eigenvalue weighted by Crippen LogP contribution is -2.21. The lowest BCUT2D eigenvalue weighted by Gasteiger charge is -2.06. The summed E-state index contributed by atoms with van der Waals surface area (Å²) in [5, 5.41) is 15.1. The Kier molecular flexibility index (Phi) is 5.57. The summed E-state index contributed by atoms with van der Waals surface area (Å²) in [5.41, 5.74) is 3.82. The number of hydrogen-bond acceptors (Lipinski definition) is 4. The van der Waals surface area contributed by atoms with Crippen LogP contribution in [0, 0.1) is 10.1 Å². The third-order valence-electron chi connectivity index (χ3n) is 3.23. The van der Waals surface area contributed by atoms with Crippen LogP contribution >= 0.6 is 0 Å². The zero-order chi connectivity index (χ0) is 16.7. The number of nitro groups is 1. The van der Waals surface area contributed by atoms with Gasteiger partial charge in [0.25, 0.3) is 11.6 Å². The van der Waals surface area contributed by atoms with Crippen molar-refractivity contribution in [3.8, 4) is 0 Å². The van der Waals surface area contributed by atoms with Crippen molar-refractivity contribution in [1.29, 1.82) is 0 Å². The molecule has 0 aliphatic rings. The Bertz CT molecular complexity index is 727. The Labute approximate surface area is 134 Å². The van der Waals surface area contributed by atoms with Crippen LogP contribution in [0.2, 0.25) is 0 Å². The van der Waals surface area contributed by atoms with Crippen molar-refractivity contribution in [2.75, 3.05) is 0 Å². The second-order valence-corrected chi connectivity index (χ2v) is 4.89. The minimum Gasteiger partial charge on any atom is -0.267 e. The van der Waals surface area contributed by atoms with E-state index in [1.54, 1.807) is 6.07 Å². The third kappa shape index (κ3) is 4.23. The van der Waals surface area contributed by atoms with Crippen LogP contribution in [-0.2, 0) is 0 Å². The highest BCUT2D eigenvalue weighted by Gasteiger charge is 2.18. The number of hydrazone groups is 1. The lowest BCUT2D eigenvalue weighted by molar-refractivity contribution is -0.385. The van der Waals surface area contributed by atoms with Crippen LogP contribution in [0.25, 0.3) is 0 Å². The highest BCUT2D eigenvalue weighted by molar-refractivity contribution is 6.03. The van der Waals surface area contributed by atoms with Gasteiger partial charge in [0.05, 0.1) is 10.6 Å². The first-order chi connectivity index (χ1) is 11.1. The molecule has 6 heteroatoms. The Morgan fingerprint density at radius 1 is 1.13 bits per heavy atom. The Morgan fingerprint density at radius 3 is 2.43 bits per heavy atom. The van der Waals surface area contributed by atoms with Gasteiger partial charge in [-0.1, -0.05) is 55.8 Å². The predicted molar refractivity (Wildman–Crippen MR) is 88.4 cm³/mol. The molecule has 0 aliphatic heterocycles. The van der Waals surface area contributed by atoms with Gasteiger partial charge >= 0.3 is 0 Å². The molecule has 0 fully saturated rings. The molecule has 0 unspecified atom stereocenters. The van der Waals surface area contributed by atoms with E-state index in [4.69, 9.17) is 0 Å². The number of hydrogen-bond donors (Lipinski definition) is 1. The molecule has 2 rings (SSSR count). The quantitative estimate of drug-likeness (QED) is 0.503. The molecule has 23 heavy (non-hydrogen) atoms. The van der Waals surface area contributed by atoms with Crippen molar-refractivity contribution in [3.05, 3.63) is 75.8 Å². The minimum absolute atomic E-state index is 0.00911. The number of nitro benzene ring substituents is 1. The fraction of sp³-hybridized carbons (Fsp3) is 0.176. The number of carbonyl (C=O) groups is 1. The molecule has 6 nitrogen and oxygen atoms in total. The molecule has 1 N–H and O–H groups in total. The molecule has 0 atom stereocenters. The Morgan fingerprint density at radius 2 is 1.78 bits per heavy atom. The molecule has 2 aromatic rings. The van der Waals surface area contributed by atoms with Crippen LogP contribution in [0.1, 0.15) is 35.7 Å². The van der Waals surface area contributed by atoms with Crippen molar-refractivity contribution < 1.29 is 9.72 Å². The summed E-state index contributed by atoms with van der Waals surface area (Å²) >= 11 is 0. The van der Waals surface area contributed by atoms with Crippen molar-refractivity contribution in [2.24, 2.45) is 5.10 Å². The second kappa shape index (κ2) is 7.84. The summed E-state index contributed by atoms with van der Waals surface area (Å²) in [6.45, 7) is 2.02. The first kappa shape index (κ1) is 16.4. The summed E-state index contributed by atoms with van der Waals surface area (Å²) in [6.07, 6.45) is 1.57. The van der Waals surface area contributed by atoms with Gasteiger partial charge in [-0.25, -0.2) is 5.43 Å². The maximum Gasteiger partial charge on any atom is 0.282 e. The predicted octanol–water partition coefficient (Wildman–Crippen LogP) is 3.53. The number of nitrogens with one attached hydrogen (secondary N) is 1. The molecule has 0 aromatic heterocycles. The summed E-state index contributed by atoms with van der Waals surface area (Å²) in [7, 11) is 0. The van der Waals surface area contributed by atoms with Crippen molar-refractivity contribution >= 4 is 17.3 Å². The average molecular weight is 311 g/mol. The van der Waals surface area contributed by atoms with E-state index in [0.717, 1.165) is 17.7 Å². The molecule has 0 saturated heterocycles. The van der Waals surface area contributed by atoms with E-state index in [0.29, 0.717) is 6.42 Å². The second-order valence-electron chi connectivity index (χ2n) is 4.89. The summed E-state index contributed by atoms with van der Waals surface area (Å²) in [6, 6.07) is 15.3. The van der Waals surface area contributed by atoms with Gasteiger partial charge in [0.1, 0.15) is 5.56 Å². The molecule has 2 aromatic carbocycles. The molecular weight excluding hydrogens is 294 g/mol. The summed E-state index contributed by atoms with van der Waals surface area (Å²) in [5.74, 6) is -0.596. The van der Waals surface area contributed by atoms with E-state index >= 15 is 0 Å². The smallest absolute Gasteiger partial charge is 0.267 e. The molecule has 0 aliphatic carbocycles. The number of benzene rings is 2. The molecule has 0 bridgehead atoms. The van der Waals surface area contributed by atoms with Gasteiger partial charge < -0.3 is 0 Å².